The van der Waals surface area contributed by atoms with Gasteiger partial charge in [-0.1, -0.05) is 24.3 Å². The van der Waals surface area contributed by atoms with Crippen LogP contribution in [0.15, 0.2) is 65.1 Å². The maximum absolute atomic E-state index is 11.6. The normalized spacial score (nSPS) is 10.9. The molecule has 0 fully saturated rings. The second-order valence-corrected chi connectivity index (χ2v) is 5.76. The highest BCUT2D eigenvalue weighted by molar-refractivity contribution is 6.05. The van der Waals surface area contributed by atoms with Gasteiger partial charge in [0, 0.05) is 34.2 Å². The average Bonchev–Trinajstić information content (AvgIpc) is 2.65. The Kier molecular flexibility index (Phi) is 3.58. The zero-order chi connectivity index (χ0) is 17.4. The van der Waals surface area contributed by atoms with E-state index in [-0.39, 0.29) is 0 Å². The molecule has 2 aromatic rings. The first-order valence-electron chi connectivity index (χ1n) is 7.85. The van der Waals surface area contributed by atoms with Gasteiger partial charge >= 0.3 is 0 Å². The number of fused-ring (bicyclic) bond motifs is 2. The molecule has 0 amide bonds. The number of aldehydes is 1. The SMILES string of the molecule is COc1ccc2c(-c3ccccc3C=O)c3ccc(=N)cc-3oc2c1. The van der Waals surface area contributed by atoms with Crippen molar-refractivity contribution in [3.05, 3.63) is 71.6 Å². The molecule has 1 N–H and O–H groups in total. The molecule has 0 radical (unpaired) electrons. The minimum absolute atomic E-state index is 0.369. The Morgan fingerprint density at radius 3 is 2.64 bits per heavy atom. The maximum Gasteiger partial charge on any atom is 0.150 e. The number of ether oxygens (including phenoxy) is 1. The number of nitrogens with one attached hydrogen (secondary N) is 1. The molecule has 0 aromatic heterocycles. The van der Waals surface area contributed by atoms with Crippen LogP contribution < -0.4 is 10.1 Å². The first-order chi connectivity index (χ1) is 12.2. The summed E-state index contributed by atoms with van der Waals surface area (Å²) in [6.45, 7) is 0. The summed E-state index contributed by atoms with van der Waals surface area (Å²) >= 11 is 0. The summed E-state index contributed by atoms with van der Waals surface area (Å²) in [4.78, 5) is 11.6. The number of rotatable bonds is 3. The number of hydrogen-bond acceptors (Lipinski definition) is 4. The van der Waals surface area contributed by atoms with Gasteiger partial charge in [0.05, 0.1) is 12.5 Å². The van der Waals surface area contributed by atoms with Crippen molar-refractivity contribution >= 4 is 17.3 Å². The van der Waals surface area contributed by atoms with Gasteiger partial charge in [-0.2, -0.15) is 0 Å². The van der Waals surface area contributed by atoms with E-state index in [0.29, 0.717) is 28.0 Å². The quantitative estimate of drug-likeness (QED) is 0.444. The summed E-state index contributed by atoms with van der Waals surface area (Å²) in [7, 11) is 1.60. The molecule has 0 spiro atoms. The van der Waals surface area contributed by atoms with E-state index in [1.165, 1.54) is 0 Å². The zero-order valence-electron chi connectivity index (χ0n) is 13.6. The molecule has 1 aliphatic carbocycles. The number of benzene rings is 3. The third kappa shape index (κ3) is 2.48. The molecule has 2 aromatic carbocycles. The van der Waals surface area contributed by atoms with Crippen molar-refractivity contribution in [3.8, 4) is 28.2 Å². The van der Waals surface area contributed by atoms with E-state index in [9.17, 15) is 4.79 Å². The minimum atomic E-state index is 0.369. The van der Waals surface area contributed by atoms with Crippen LogP contribution in [0, 0.1) is 5.41 Å². The average molecular weight is 329 g/mol. The summed E-state index contributed by atoms with van der Waals surface area (Å²) in [6.07, 6.45) is 0.861. The Bertz CT molecular complexity index is 1130. The number of hydrogen-bond donors (Lipinski definition) is 1. The topological polar surface area (TPSA) is 63.3 Å². The highest BCUT2D eigenvalue weighted by atomic mass is 16.5. The zero-order valence-corrected chi connectivity index (χ0v) is 13.6. The lowest BCUT2D eigenvalue weighted by Crippen LogP contribution is -2.01. The van der Waals surface area contributed by atoms with Crippen LogP contribution in [0.5, 0.6) is 5.75 Å². The van der Waals surface area contributed by atoms with Crippen molar-refractivity contribution in [2.75, 3.05) is 7.11 Å². The van der Waals surface area contributed by atoms with Crippen LogP contribution in [0.1, 0.15) is 10.4 Å². The highest BCUT2D eigenvalue weighted by Crippen LogP contribution is 2.41. The maximum atomic E-state index is 11.6. The fourth-order valence-corrected chi connectivity index (χ4v) is 3.12. The van der Waals surface area contributed by atoms with Crippen molar-refractivity contribution < 1.29 is 13.9 Å². The third-order valence-corrected chi connectivity index (χ3v) is 4.29. The fraction of sp³-hybridized carbons (Fsp3) is 0.0476. The molecule has 4 nitrogen and oxygen atoms in total. The smallest absolute Gasteiger partial charge is 0.150 e. The fourth-order valence-electron chi connectivity index (χ4n) is 3.12. The standard InChI is InChI=1S/C21H15NO3/c1-24-15-7-9-18-20(11-15)25-19-10-14(22)6-8-17(19)21(18)16-5-3-2-4-13(16)12-23/h2-12,22H,1H3. The first kappa shape index (κ1) is 15.1. The molecule has 4 rings (SSSR count). The molecule has 25 heavy (non-hydrogen) atoms. The molecular weight excluding hydrogens is 314 g/mol. The van der Waals surface area contributed by atoms with Gasteiger partial charge in [0.1, 0.15) is 17.1 Å². The third-order valence-electron chi connectivity index (χ3n) is 4.29. The van der Waals surface area contributed by atoms with E-state index in [1.54, 1.807) is 25.3 Å². The Labute approximate surface area is 144 Å². The number of carbonyl (C=O) groups is 1. The lowest BCUT2D eigenvalue weighted by atomic mass is 9.91. The summed E-state index contributed by atoms with van der Waals surface area (Å²) in [5.41, 5.74) is 3.88. The molecule has 2 aliphatic rings. The molecule has 0 saturated heterocycles. The van der Waals surface area contributed by atoms with Gasteiger partial charge in [0.15, 0.2) is 6.29 Å². The lowest BCUT2D eigenvalue weighted by Gasteiger charge is -2.16. The van der Waals surface area contributed by atoms with Crippen LogP contribution in [0.25, 0.3) is 33.4 Å². The lowest BCUT2D eigenvalue weighted by molar-refractivity contribution is 0.112. The Hall–Kier alpha value is -3.40. The van der Waals surface area contributed by atoms with Gasteiger partial charge in [-0.3, -0.25) is 4.79 Å². The van der Waals surface area contributed by atoms with Gasteiger partial charge in [0.25, 0.3) is 0 Å². The monoisotopic (exact) mass is 329 g/mol. The van der Waals surface area contributed by atoms with Gasteiger partial charge < -0.3 is 14.6 Å². The second kappa shape index (κ2) is 5.91. The molecule has 4 heteroatoms. The molecule has 0 saturated carbocycles. The van der Waals surface area contributed by atoms with Crippen molar-refractivity contribution in [2.45, 2.75) is 0 Å². The molecule has 122 valence electrons. The van der Waals surface area contributed by atoms with Crippen molar-refractivity contribution in [1.82, 2.24) is 0 Å². The van der Waals surface area contributed by atoms with Crippen molar-refractivity contribution in [1.29, 1.82) is 5.41 Å². The van der Waals surface area contributed by atoms with Crippen LogP contribution >= 0.6 is 0 Å². The summed E-state index contributed by atoms with van der Waals surface area (Å²) in [5.74, 6) is 1.29. The molecule has 0 unspecified atom stereocenters. The van der Waals surface area contributed by atoms with Crippen LogP contribution in [0.3, 0.4) is 0 Å². The van der Waals surface area contributed by atoms with Crippen LogP contribution in [0.2, 0.25) is 0 Å². The van der Waals surface area contributed by atoms with Crippen LogP contribution in [0.4, 0.5) is 0 Å². The Balaban J connectivity index is 2.20. The summed E-state index contributed by atoms with van der Waals surface area (Å²) in [5, 5.41) is 9.13. The second-order valence-electron chi connectivity index (χ2n) is 5.76. The van der Waals surface area contributed by atoms with E-state index in [2.05, 4.69) is 0 Å². The van der Waals surface area contributed by atoms with E-state index in [4.69, 9.17) is 14.6 Å². The van der Waals surface area contributed by atoms with E-state index < -0.39 is 0 Å². The number of methoxy groups -OCH3 is 1. The summed E-state index contributed by atoms with van der Waals surface area (Å²) < 4.78 is 11.3. The molecule has 0 bridgehead atoms. The van der Waals surface area contributed by atoms with Gasteiger partial charge in [-0.25, -0.2) is 0 Å². The van der Waals surface area contributed by atoms with Gasteiger partial charge in [0.2, 0.25) is 0 Å². The van der Waals surface area contributed by atoms with E-state index in [1.807, 2.05) is 42.5 Å². The predicted molar refractivity (Wildman–Crippen MR) is 96.1 cm³/mol. The largest absolute Gasteiger partial charge is 0.497 e. The summed E-state index contributed by atoms with van der Waals surface area (Å²) in [6, 6.07) is 18.4. The highest BCUT2D eigenvalue weighted by Gasteiger charge is 2.19. The molecule has 0 atom stereocenters. The molecule has 1 heterocycles. The van der Waals surface area contributed by atoms with E-state index >= 15 is 0 Å². The van der Waals surface area contributed by atoms with Gasteiger partial charge in [-0.15, -0.1) is 0 Å². The van der Waals surface area contributed by atoms with Crippen LogP contribution in [-0.2, 0) is 0 Å². The first-order valence-corrected chi connectivity index (χ1v) is 7.85. The Morgan fingerprint density at radius 1 is 1.00 bits per heavy atom. The van der Waals surface area contributed by atoms with Crippen molar-refractivity contribution in [3.63, 3.8) is 0 Å². The van der Waals surface area contributed by atoms with Crippen LogP contribution in [-0.4, -0.2) is 13.4 Å². The number of carbonyl (C=O) groups excluding carboxylic acids is 1. The molecule has 1 aliphatic heterocycles. The van der Waals surface area contributed by atoms with E-state index in [0.717, 1.165) is 28.4 Å². The predicted octanol–water partition coefficient (Wildman–Crippen LogP) is 4.51. The minimum Gasteiger partial charge on any atom is -0.497 e. The Morgan fingerprint density at radius 2 is 1.84 bits per heavy atom. The molecular formula is C21H15NO3. The van der Waals surface area contributed by atoms with Gasteiger partial charge in [-0.05, 0) is 29.8 Å². The van der Waals surface area contributed by atoms with Crippen molar-refractivity contribution in [2.24, 2.45) is 0 Å².